The lowest BCUT2D eigenvalue weighted by Gasteiger charge is -2.10. The number of hydrogen-bond donors (Lipinski definition) is 3. The minimum Gasteiger partial charge on any atom is -0.493 e. The molecule has 35 heavy (non-hydrogen) atoms. The Hall–Kier alpha value is -4.51. The van der Waals surface area contributed by atoms with Gasteiger partial charge in [-0.3, -0.25) is 14.4 Å². The summed E-state index contributed by atoms with van der Waals surface area (Å²) < 4.78 is 11.3. The molecule has 0 atom stereocenters. The molecule has 0 unspecified atom stereocenters. The Morgan fingerprint density at radius 3 is 2.31 bits per heavy atom. The summed E-state index contributed by atoms with van der Waals surface area (Å²) in [6, 6.07) is 17.2. The molecule has 0 spiro atoms. The average Bonchev–Trinajstić information content (AvgIpc) is 2.85. The first-order chi connectivity index (χ1) is 16.8. The molecular formula is C24H19BrN4O6. The molecule has 0 saturated heterocycles. The number of methoxy groups -OCH3 is 1. The number of esters is 1. The number of nitrogens with two attached hydrogens (primary N) is 1. The number of rotatable bonds is 7. The Balaban J connectivity index is 1.59. The number of nitrogens with one attached hydrogen (secondary N) is 2. The molecule has 3 aromatic carbocycles. The van der Waals surface area contributed by atoms with E-state index in [4.69, 9.17) is 15.2 Å². The van der Waals surface area contributed by atoms with Crippen LogP contribution in [0.3, 0.4) is 0 Å². The highest BCUT2D eigenvalue weighted by Gasteiger charge is 2.16. The molecule has 0 saturated carbocycles. The molecule has 3 aromatic rings. The van der Waals surface area contributed by atoms with Crippen molar-refractivity contribution in [1.29, 1.82) is 0 Å². The first kappa shape index (κ1) is 25.1. The maximum Gasteiger partial charge on any atom is 0.344 e. The van der Waals surface area contributed by atoms with Crippen LogP contribution in [0.4, 0.5) is 5.69 Å². The number of primary amides is 1. The number of nitrogens with zero attached hydrogens (tertiary/aromatic N) is 1. The highest BCUT2D eigenvalue weighted by atomic mass is 79.9. The van der Waals surface area contributed by atoms with Crippen molar-refractivity contribution in [3.63, 3.8) is 0 Å². The van der Waals surface area contributed by atoms with Crippen molar-refractivity contribution >= 4 is 51.5 Å². The summed E-state index contributed by atoms with van der Waals surface area (Å²) in [4.78, 5) is 47.5. The van der Waals surface area contributed by atoms with E-state index in [2.05, 4.69) is 31.8 Å². The van der Waals surface area contributed by atoms with E-state index in [0.717, 1.165) is 0 Å². The highest BCUT2D eigenvalue weighted by Crippen LogP contribution is 2.29. The van der Waals surface area contributed by atoms with Gasteiger partial charge < -0.3 is 20.5 Å². The molecule has 3 amide bonds. The molecule has 11 heteroatoms. The fourth-order valence-electron chi connectivity index (χ4n) is 2.75. The number of anilines is 1. The van der Waals surface area contributed by atoms with Crippen molar-refractivity contribution in [2.45, 2.75) is 0 Å². The molecule has 3 rings (SSSR count). The molecule has 0 fully saturated rings. The van der Waals surface area contributed by atoms with Crippen LogP contribution in [0, 0.1) is 0 Å². The Kier molecular flexibility index (Phi) is 8.30. The van der Waals surface area contributed by atoms with E-state index in [1.165, 1.54) is 43.7 Å². The number of amides is 3. The first-order valence-corrected chi connectivity index (χ1v) is 10.8. The monoisotopic (exact) mass is 538 g/mol. The van der Waals surface area contributed by atoms with Gasteiger partial charge in [-0.2, -0.15) is 5.10 Å². The number of carbonyl (C=O) groups excluding carboxylic acids is 4. The Labute approximate surface area is 208 Å². The summed E-state index contributed by atoms with van der Waals surface area (Å²) >= 11 is 3.30. The highest BCUT2D eigenvalue weighted by molar-refractivity contribution is 9.10. The van der Waals surface area contributed by atoms with Crippen molar-refractivity contribution in [2.24, 2.45) is 10.8 Å². The lowest BCUT2D eigenvalue weighted by molar-refractivity contribution is -0.136. The second kappa shape index (κ2) is 11.6. The van der Waals surface area contributed by atoms with Gasteiger partial charge in [0.2, 0.25) is 5.91 Å². The second-order valence-corrected chi connectivity index (χ2v) is 7.73. The van der Waals surface area contributed by atoms with Crippen molar-refractivity contribution in [1.82, 2.24) is 5.43 Å². The van der Waals surface area contributed by atoms with Gasteiger partial charge >= 0.3 is 17.8 Å². The summed E-state index contributed by atoms with van der Waals surface area (Å²) in [6.07, 6.45) is 1.29. The molecule has 4 N–H and O–H groups in total. The molecule has 178 valence electrons. The number of benzene rings is 3. The van der Waals surface area contributed by atoms with E-state index in [1.54, 1.807) is 36.4 Å². The third-order valence-corrected chi connectivity index (χ3v) is 5.19. The molecule has 0 aliphatic rings. The minimum atomic E-state index is -1.01. The topological polar surface area (TPSA) is 149 Å². The summed E-state index contributed by atoms with van der Waals surface area (Å²) in [5, 5.41) is 6.12. The van der Waals surface area contributed by atoms with Gasteiger partial charge in [0.25, 0.3) is 0 Å². The lowest BCUT2D eigenvalue weighted by atomic mass is 10.2. The van der Waals surface area contributed by atoms with Crippen molar-refractivity contribution in [3.05, 3.63) is 87.9 Å². The summed E-state index contributed by atoms with van der Waals surface area (Å²) in [5.74, 6) is -2.69. The van der Waals surface area contributed by atoms with Crippen molar-refractivity contribution in [2.75, 3.05) is 12.4 Å². The van der Waals surface area contributed by atoms with Crippen LogP contribution in [0.1, 0.15) is 26.3 Å². The van der Waals surface area contributed by atoms with E-state index >= 15 is 0 Å². The third-order valence-electron chi connectivity index (χ3n) is 4.50. The van der Waals surface area contributed by atoms with E-state index in [-0.39, 0.29) is 17.1 Å². The van der Waals surface area contributed by atoms with Gasteiger partial charge in [-0.05, 0) is 76.1 Å². The van der Waals surface area contributed by atoms with E-state index < -0.39 is 23.7 Å². The standard InChI is InChI=1S/C24H19BrN4O6/c1-34-20-12-14(6-11-19(20)35-24(33)17-4-2-3-5-18(17)25)13-27-29-23(32)22(31)28-16-9-7-15(8-10-16)21(26)30/h2-13H,1H3,(H2,26,30)(H,28,31)(H,29,32). The Morgan fingerprint density at radius 1 is 0.943 bits per heavy atom. The summed E-state index contributed by atoms with van der Waals surface area (Å²) in [5.41, 5.74) is 8.69. The van der Waals surface area contributed by atoms with Crippen LogP contribution >= 0.6 is 15.9 Å². The number of hydrogen-bond acceptors (Lipinski definition) is 7. The molecular weight excluding hydrogens is 520 g/mol. The predicted octanol–water partition coefficient (Wildman–Crippen LogP) is 2.86. The van der Waals surface area contributed by atoms with Crippen molar-refractivity contribution in [3.8, 4) is 11.5 Å². The number of carbonyl (C=O) groups is 4. The van der Waals surface area contributed by atoms with Gasteiger partial charge in [0.05, 0.1) is 18.9 Å². The zero-order valence-corrected chi connectivity index (χ0v) is 19.9. The largest absolute Gasteiger partial charge is 0.493 e. The average molecular weight is 539 g/mol. The molecule has 0 radical (unpaired) electrons. The SMILES string of the molecule is COc1cc(C=NNC(=O)C(=O)Nc2ccc(C(N)=O)cc2)ccc1OC(=O)c1ccccc1Br. The Bertz CT molecular complexity index is 1310. The van der Waals surface area contributed by atoms with Gasteiger partial charge in [0.15, 0.2) is 11.5 Å². The van der Waals surface area contributed by atoms with Gasteiger partial charge in [-0.15, -0.1) is 0 Å². The summed E-state index contributed by atoms with van der Waals surface area (Å²) in [7, 11) is 1.41. The van der Waals surface area contributed by atoms with Crippen LogP contribution in [0.5, 0.6) is 11.5 Å². The van der Waals surface area contributed by atoms with Gasteiger partial charge in [0, 0.05) is 15.7 Å². The number of ether oxygens (including phenoxy) is 2. The number of hydrazone groups is 1. The zero-order chi connectivity index (χ0) is 25.4. The smallest absolute Gasteiger partial charge is 0.344 e. The molecule has 0 aliphatic heterocycles. The van der Waals surface area contributed by atoms with Crippen LogP contribution in [-0.2, 0) is 9.59 Å². The molecule has 0 aliphatic carbocycles. The maximum atomic E-state index is 12.4. The van der Waals surface area contributed by atoms with Crippen LogP contribution in [-0.4, -0.2) is 37.0 Å². The Morgan fingerprint density at radius 2 is 1.66 bits per heavy atom. The van der Waals surface area contributed by atoms with Crippen LogP contribution < -0.4 is 25.9 Å². The van der Waals surface area contributed by atoms with E-state index in [9.17, 15) is 19.2 Å². The second-order valence-electron chi connectivity index (χ2n) is 6.87. The van der Waals surface area contributed by atoms with Gasteiger partial charge in [0.1, 0.15) is 0 Å². The molecule has 0 heterocycles. The first-order valence-electron chi connectivity index (χ1n) is 9.97. The third kappa shape index (κ3) is 6.74. The maximum absolute atomic E-state index is 12.4. The van der Waals surface area contributed by atoms with Crippen LogP contribution in [0.25, 0.3) is 0 Å². The van der Waals surface area contributed by atoms with Crippen LogP contribution in [0.2, 0.25) is 0 Å². The zero-order valence-electron chi connectivity index (χ0n) is 18.3. The lowest BCUT2D eigenvalue weighted by Crippen LogP contribution is -2.32. The molecule has 0 bridgehead atoms. The van der Waals surface area contributed by atoms with Gasteiger partial charge in [-0.25, -0.2) is 10.2 Å². The summed E-state index contributed by atoms with van der Waals surface area (Å²) in [6.45, 7) is 0. The van der Waals surface area contributed by atoms with Crippen molar-refractivity contribution < 1.29 is 28.7 Å². The normalized spacial score (nSPS) is 10.5. The minimum absolute atomic E-state index is 0.191. The predicted molar refractivity (Wildman–Crippen MR) is 131 cm³/mol. The quantitative estimate of drug-likeness (QED) is 0.138. The fourth-order valence-corrected chi connectivity index (χ4v) is 3.20. The van der Waals surface area contributed by atoms with Crippen LogP contribution in [0.15, 0.2) is 76.3 Å². The van der Waals surface area contributed by atoms with Gasteiger partial charge in [-0.1, -0.05) is 12.1 Å². The van der Waals surface area contributed by atoms with E-state index in [0.29, 0.717) is 21.3 Å². The number of halogens is 1. The molecule has 10 nitrogen and oxygen atoms in total. The fraction of sp³-hybridized carbons (Fsp3) is 0.0417. The van der Waals surface area contributed by atoms with E-state index in [1.807, 2.05) is 0 Å². The molecule has 0 aromatic heterocycles.